The summed E-state index contributed by atoms with van der Waals surface area (Å²) in [5, 5.41) is 4.22. The summed E-state index contributed by atoms with van der Waals surface area (Å²) in [5.74, 6) is 1.46. The van der Waals surface area contributed by atoms with Crippen LogP contribution >= 0.6 is 12.2 Å². The predicted molar refractivity (Wildman–Crippen MR) is 117 cm³/mol. The lowest BCUT2D eigenvalue weighted by atomic mass is 9.98. The van der Waals surface area contributed by atoms with Crippen molar-refractivity contribution in [3.05, 3.63) is 58.9 Å². The molecule has 2 aromatic carbocycles. The van der Waals surface area contributed by atoms with Gasteiger partial charge in [-0.1, -0.05) is 18.2 Å². The molecule has 0 bridgehead atoms. The Hall–Kier alpha value is -2.40. The molecule has 5 heteroatoms. The minimum atomic E-state index is 0.378. The van der Waals surface area contributed by atoms with Gasteiger partial charge < -0.3 is 15.2 Å². The van der Waals surface area contributed by atoms with Crippen LogP contribution in [0, 0.1) is 20.8 Å². The molecule has 140 valence electrons. The number of aromatic nitrogens is 2. The Bertz CT molecular complexity index is 952. The van der Waals surface area contributed by atoms with Gasteiger partial charge in [0.1, 0.15) is 5.82 Å². The molecule has 1 saturated heterocycles. The van der Waals surface area contributed by atoms with Crippen molar-refractivity contribution in [3.8, 4) is 0 Å². The molecule has 4 rings (SSSR count). The summed E-state index contributed by atoms with van der Waals surface area (Å²) in [6, 6.07) is 12.6. The number of hydrogen-bond donors (Lipinski definition) is 2. The van der Waals surface area contributed by atoms with Gasteiger partial charge in [-0.2, -0.15) is 0 Å². The number of aromatic amines is 1. The fourth-order valence-corrected chi connectivity index (χ4v) is 4.05. The van der Waals surface area contributed by atoms with Crippen LogP contribution < -0.4 is 5.32 Å². The number of piperidine rings is 1. The standard InChI is InChI=1S/C22H26N4S/c1-14-7-4-5-9-18(14)25-22(27)26-10-6-8-17(13-26)21-23-19-11-15(2)16(3)12-20(19)24-21/h4-5,7,9,11-12,17H,6,8,10,13H2,1-3H3,(H,23,24)(H,25,27)/t17-/m0/s1. The van der Waals surface area contributed by atoms with E-state index in [4.69, 9.17) is 17.2 Å². The van der Waals surface area contributed by atoms with Gasteiger partial charge in [-0.15, -0.1) is 0 Å². The minimum Gasteiger partial charge on any atom is -0.348 e. The molecule has 0 radical (unpaired) electrons. The highest BCUT2D eigenvalue weighted by molar-refractivity contribution is 7.80. The fraction of sp³-hybridized carbons (Fsp3) is 0.364. The molecule has 2 heterocycles. The Morgan fingerprint density at radius 3 is 2.74 bits per heavy atom. The zero-order valence-corrected chi connectivity index (χ0v) is 17.0. The van der Waals surface area contributed by atoms with Crippen LogP contribution in [0.1, 0.15) is 41.3 Å². The van der Waals surface area contributed by atoms with Crippen molar-refractivity contribution < 1.29 is 0 Å². The molecule has 27 heavy (non-hydrogen) atoms. The van der Waals surface area contributed by atoms with E-state index in [1.807, 2.05) is 12.1 Å². The smallest absolute Gasteiger partial charge is 0.173 e. The Balaban J connectivity index is 1.51. The van der Waals surface area contributed by atoms with Gasteiger partial charge in [0, 0.05) is 24.7 Å². The Labute approximate surface area is 166 Å². The minimum absolute atomic E-state index is 0.378. The lowest BCUT2D eigenvalue weighted by Gasteiger charge is -2.34. The lowest BCUT2D eigenvalue weighted by molar-refractivity contribution is 0.307. The number of anilines is 1. The van der Waals surface area contributed by atoms with Crippen LogP contribution in [-0.4, -0.2) is 33.1 Å². The molecule has 1 aliphatic heterocycles. The second-order valence-electron chi connectivity index (χ2n) is 7.61. The Kier molecular flexibility index (Phi) is 4.87. The van der Waals surface area contributed by atoms with E-state index in [0.29, 0.717) is 5.92 Å². The molecule has 1 atom stereocenters. The number of nitrogens with zero attached hydrogens (tertiary/aromatic N) is 2. The Morgan fingerprint density at radius 1 is 1.15 bits per heavy atom. The molecular formula is C22H26N4S. The van der Waals surface area contributed by atoms with E-state index in [1.165, 1.54) is 16.7 Å². The zero-order valence-electron chi connectivity index (χ0n) is 16.2. The van der Waals surface area contributed by atoms with Crippen LogP contribution in [0.2, 0.25) is 0 Å². The number of nitrogens with one attached hydrogen (secondary N) is 2. The molecular weight excluding hydrogens is 352 g/mol. The van der Waals surface area contributed by atoms with Crippen LogP contribution in [0.15, 0.2) is 36.4 Å². The van der Waals surface area contributed by atoms with E-state index < -0.39 is 0 Å². The molecule has 4 nitrogen and oxygen atoms in total. The van der Waals surface area contributed by atoms with Crippen LogP contribution in [0.5, 0.6) is 0 Å². The maximum Gasteiger partial charge on any atom is 0.173 e. The summed E-state index contributed by atoms with van der Waals surface area (Å²) in [5.41, 5.74) is 7.06. The van der Waals surface area contributed by atoms with Gasteiger partial charge in [-0.05, 0) is 80.7 Å². The quantitative estimate of drug-likeness (QED) is 0.612. The van der Waals surface area contributed by atoms with E-state index in [0.717, 1.165) is 53.6 Å². The highest BCUT2D eigenvalue weighted by Crippen LogP contribution is 2.28. The molecule has 0 saturated carbocycles. The Morgan fingerprint density at radius 2 is 1.93 bits per heavy atom. The normalized spacial score (nSPS) is 17.3. The highest BCUT2D eigenvalue weighted by atomic mass is 32.1. The average molecular weight is 379 g/mol. The molecule has 0 unspecified atom stereocenters. The highest BCUT2D eigenvalue weighted by Gasteiger charge is 2.25. The van der Waals surface area contributed by atoms with Crippen LogP contribution in [-0.2, 0) is 0 Å². The number of hydrogen-bond acceptors (Lipinski definition) is 2. The van der Waals surface area contributed by atoms with Gasteiger partial charge in [-0.25, -0.2) is 4.98 Å². The average Bonchev–Trinajstić information content (AvgIpc) is 3.07. The fourth-order valence-electron chi connectivity index (χ4n) is 3.77. The first-order valence-electron chi connectivity index (χ1n) is 9.59. The van der Waals surface area contributed by atoms with Gasteiger partial charge in [0.25, 0.3) is 0 Å². The van der Waals surface area contributed by atoms with Crippen LogP contribution in [0.25, 0.3) is 11.0 Å². The summed E-state index contributed by atoms with van der Waals surface area (Å²) in [7, 11) is 0. The number of rotatable bonds is 2. The molecule has 3 aromatic rings. The van der Waals surface area contributed by atoms with Gasteiger partial charge in [0.05, 0.1) is 11.0 Å². The topological polar surface area (TPSA) is 44.0 Å². The van der Waals surface area contributed by atoms with Crippen molar-refractivity contribution in [2.45, 2.75) is 39.5 Å². The number of H-pyrrole nitrogens is 1. The third-order valence-corrected chi connectivity index (χ3v) is 5.96. The SMILES string of the molecule is Cc1cc2nc([C@H]3CCCN(C(=S)Nc4ccccc4C)C3)[nH]c2cc1C. The molecule has 1 fully saturated rings. The van der Waals surface area contributed by atoms with Gasteiger partial charge in [0.15, 0.2) is 5.11 Å². The summed E-state index contributed by atoms with van der Waals surface area (Å²) in [4.78, 5) is 10.7. The first-order valence-corrected chi connectivity index (χ1v) is 10.0. The number of benzene rings is 2. The zero-order chi connectivity index (χ0) is 19.0. The van der Waals surface area contributed by atoms with Gasteiger partial charge in [-0.3, -0.25) is 0 Å². The number of likely N-dealkylation sites (tertiary alicyclic amines) is 1. The molecule has 0 aliphatic carbocycles. The van der Waals surface area contributed by atoms with Crippen LogP contribution in [0.4, 0.5) is 5.69 Å². The molecule has 0 amide bonds. The maximum absolute atomic E-state index is 5.70. The van der Waals surface area contributed by atoms with Gasteiger partial charge in [0.2, 0.25) is 0 Å². The lowest BCUT2D eigenvalue weighted by Crippen LogP contribution is -2.41. The summed E-state index contributed by atoms with van der Waals surface area (Å²) >= 11 is 5.70. The van der Waals surface area contributed by atoms with Crippen molar-refractivity contribution in [1.82, 2.24) is 14.9 Å². The van der Waals surface area contributed by atoms with Crippen molar-refractivity contribution in [1.29, 1.82) is 0 Å². The molecule has 0 spiro atoms. The van der Waals surface area contributed by atoms with Crippen LogP contribution in [0.3, 0.4) is 0 Å². The monoisotopic (exact) mass is 378 g/mol. The first-order chi connectivity index (χ1) is 13.0. The van der Waals surface area contributed by atoms with E-state index >= 15 is 0 Å². The van der Waals surface area contributed by atoms with Crippen molar-refractivity contribution in [2.75, 3.05) is 18.4 Å². The first kappa shape index (κ1) is 18.0. The molecule has 1 aliphatic rings. The predicted octanol–water partition coefficient (Wildman–Crippen LogP) is 5.06. The summed E-state index contributed by atoms with van der Waals surface area (Å²) in [6.07, 6.45) is 2.26. The number of para-hydroxylation sites is 1. The number of fused-ring (bicyclic) bond motifs is 1. The molecule has 2 N–H and O–H groups in total. The summed E-state index contributed by atoms with van der Waals surface area (Å²) in [6.45, 7) is 8.28. The third-order valence-electron chi connectivity index (χ3n) is 5.60. The maximum atomic E-state index is 5.70. The number of imidazole rings is 1. The largest absolute Gasteiger partial charge is 0.348 e. The number of aryl methyl sites for hydroxylation is 3. The second kappa shape index (κ2) is 7.31. The third kappa shape index (κ3) is 3.69. The van der Waals surface area contributed by atoms with E-state index in [9.17, 15) is 0 Å². The van der Waals surface area contributed by atoms with Gasteiger partial charge >= 0.3 is 0 Å². The van der Waals surface area contributed by atoms with E-state index in [-0.39, 0.29) is 0 Å². The molecule has 1 aromatic heterocycles. The number of thiocarbonyl (C=S) groups is 1. The summed E-state index contributed by atoms with van der Waals surface area (Å²) < 4.78 is 0. The van der Waals surface area contributed by atoms with Crippen molar-refractivity contribution in [3.63, 3.8) is 0 Å². The van der Waals surface area contributed by atoms with E-state index in [1.54, 1.807) is 0 Å². The van der Waals surface area contributed by atoms with E-state index in [2.05, 4.69) is 60.2 Å². The second-order valence-corrected chi connectivity index (χ2v) is 7.99. The van der Waals surface area contributed by atoms with Crippen molar-refractivity contribution in [2.24, 2.45) is 0 Å². The van der Waals surface area contributed by atoms with Crippen molar-refractivity contribution >= 4 is 34.1 Å².